The fourth-order valence-corrected chi connectivity index (χ4v) is 1.40. The minimum atomic E-state index is -1.59. The van der Waals surface area contributed by atoms with Crippen molar-refractivity contribution in [2.24, 2.45) is 5.73 Å². The summed E-state index contributed by atoms with van der Waals surface area (Å²) in [5.41, 5.74) is 4.44. The summed E-state index contributed by atoms with van der Waals surface area (Å²) < 4.78 is 0. The second-order valence-corrected chi connectivity index (χ2v) is 3.94. The molecule has 0 fully saturated rings. The summed E-state index contributed by atoms with van der Waals surface area (Å²) in [6, 6.07) is 4.43. The number of carboxylic acids is 1. The van der Waals surface area contributed by atoms with Crippen molar-refractivity contribution in [1.29, 1.82) is 0 Å². The molecule has 5 heteroatoms. The van der Waals surface area contributed by atoms with Crippen LogP contribution in [0.1, 0.15) is 5.56 Å². The molecule has 0 saturated carbocycles. The number of hydrogen-bond acceptors (Lipinski definition) is 3. The van der Waals surface area contributed by atoms with Crippen molar-refractivity contribution in [1.82, 2.24) is 0 Å². The summed E-state index contributed by atoms with van der Waals surface area (Å²) >= 11 is 5.66. The molecule has 0 saturated heterocycles. The highest BCUT2D eigenvalue weighted by atomic mass is 35.5. The molecule has 1 aromatic carbocycles. The van der Waals surface area contributed by atoms with Gasteiger partial charge in [0.05, 0.1) is 0 Å². The Kier molecular flexibility index (Phi) is 3.57. The second kappa shape index (κ2) is 4.55. The Bertz CT molecular complexity index is 433. The van der Waals surface area contributed by atoms with Crippen molar-refractivity contribution >= 4 is 17.6 Å². The van der Waals surface area contributed by atoms with Gasteiger partial charge in [-0.3, -0.25) is 0 Å². The first-order valence-electron chi connectivity index (χ1n) is 4.52. The molecule has 0 spiro atoms. The Morgan fingerprint density at radius 1 is 1.62 bits per heavy atom. The molecule has 1 rings (SSSR count). The number of aliphatic carboxylic acids is 1. The van der Waals surface area contributed by atoms with Gasteiger partial charge in [-0.15, -0.1) is 6.58 Å². The van der Waals surface area contributed by atoms with E-state index in [0.29, 0.717) is 10.6 Å². The lowest BCUT2D eigenvalue weighted by molar-refractivity contribution is -0.141. The summed E-state index contributed by atoms with van der Waals surface area (Å²) in [5.74, 6) is -1.28. The van der Waals surface area contributed by atoms with E-state index in [4.69, 9.17) is 22.4 Å². The second-order valence-electron chi connectivity index (χ2n) is 3.50. The lowest BCUT2D eigenvalue weighted by Gasteiger charge is -2.20. The van der Waals surface area contributed by atoms with E-state index < -0.39 is 11.5 Å². The average Bonchev–Trinajstić information content (AvgIpc) is 2.22. The number of benzene rings is 1. The smallest absolute Gasteiger partial charge is 0.328 e. The summed E-state index contributed by atoms with van der Waals surface area (Å²) in [5, 5.41) is 18.9. The largest absolute Gasteiger partial charge is 0.508 e. The maximum atomic E-state index is 10.9. The summed E-state index contributed by atoms with van der Waals surface area (Å²) in [7, 11) is 0. The van der Waals surface area contributed by atoms with Crippen LogP contribution >= 0.6 is 11.6 Å². The molecule has 1 atom stereocenters. The average molecular weight is 242 g/mol. The fraction of sp³-hybridized carbons (Fsp3) is 0.182. The fourth-order valence-electron chi connectivity index (χ4n) is 1.24. The van der Waals surface area contributed by atoms with Crippen LogP contribution in [-0.4, -0.2) is 21.7 Å². The van der Waals surface area contributed by atoms with Crippen molar-refractivity contribution in [3.8, 4) is 5.75 Å². The van der Waals surface area contributed by atoms with Gasteiger partial charge in [0.25, 0.3) is 0 Å². The molecular formula is C11H12ClNO3. The van der Waals surface area contributed by atoms with Gasteiger partial charge in [-0.1, -0.05) is 23.7 Å². The summed E-state index contributed by atoms with van der Waals surface area (Å²) in [6.45, 7) is 3.38. The molecule has 0 bridgehead atoms. The highest BCUT2D eigenvalue weighted by Crippen LogP contribution is 2.25. The van der Waals surface area contributed by atoms with Crippen LogP contribution in [0.25, 0.3) is 0 Å². The van der Waals surface area contributed by atoms with E-state index in [9.17, 15) is 9.90 Å². The Morgan fingerprint density at radius 2 is 2.25 bits per heavy atom. The lowest BCUT2D eigenvalue weighted by Crippen LogP contribution is -2.47. The van der Waals surface area contributed by atoms with Gasteiger partial charge in [-0.2, -0.15) is 0 Å². The first-order chi connectivity index (χ1) is 7.39. The monoisotopic (exact) mass is 241 g/mol. The predicted octanol–water partition coefficient (Wildman–Crippen LogP) is 1.56. The van der Waals surface area contributed by atoms with Crippen molar-refractivity contribution in [2.75, 3.05) is 0 Å². The van der Waals surface area contributed by atoms with Crippen LogP contribution in [0.3, 0.4) is 0 Å². The third-order valence-electron chi connectivity index (χ3n) is 2.29. The Hall–Kier alpha value is -1.52. The zero-order valence-electron chi connectivity index (χ0n) is 8.48. The van der Waals surface area contributed by atoms with Crippen molar-refractivity contribution in [3.05, 3.63) is 41.4 Å². The molecule has 4 nitrogen and oxygen atoms in total. The third-order valence-corrected chi connectivity index (χ3v) is 2.53. The maximum absolute atomic E-state index is 10.9. The number of hydrogen-bond donors (Lipinski definition) is 3. The number of halogens is 1. The van der Waals surface area contributed by atoms with E-state index >= 15 is 0 Å². The normalized spacial score (nSPS) is 14.1. The predicted molar refractivity (Wildman–Crippen MR) is 61.6 cm³/mol. The molecule has 0 aliphatic rings. The third kappa shape index (κ3) is 2.53. The molecule has 0 radical (unpaired) electrons. The van der Waals surface area contributed by atoms with Crippen molar-refractivity contribution in [3.63, 3.8) is 0 Å². The molecule has 0 aliphatic carbocycles. The Balaban J connectivity index is 3.04. The highest BCUT2D eigenvalue weighted by Gasteiger charge is 2.31. The minimum absolute atomic E-state index is 0.0468. The van der Waals surface area contributed by atoms with Crippen LogP contribution in [-0.2, 0) is 11.2 Å². The molecule has 0 amide bonds. The van der Waals surface area contributed by atoms with Crippen LogP contribution in [0.2, 0.25) is 5.02 Å². The minimum Gasteiger partial charge on any atom is -0.508 e. The van der Waals surface area contributed by atoms with Crippen LogP contribution in [0.4, 0.5) is 0 Å². The summed E-state index contributed by atoms with van der Waals surface area (Å²) in [6.07, 6.45) is 1.10. The van der Waals surface area contributed by atoms with Gasteiger partial charge >= 0.3 is 5.97 Å². The van der Waals surface area contributed by atoms with E-state index in [1.165, 1.54) is 12.1 Å². The molecule has 1 unspecified atom stereocenters. The van der Waals surface area contributed by atoms with Crippen LogP contribution in [0.5, 0.6) is 5.75 Å². The highest BCUT2D eigenvalue weighted by molar-refractivity contribution is 6.30. The number of phenolic OH excluding ortho intramolecular Hbond substituents is 1. The molecule has 0 aliphatic heterocycles. The molecule has 0 heterocycles. The van der Waals surface area contributed by atoms with Crippen molar-refractivity contribution < 1.29 is 15.0 Å². The summed E-state index contributed by atoms with van der Waals surface area (Å²) in [4.78, 5) is 10.9. The van der Waals surface area contributed by atoms with Crippen LogP contribution in [0.15, 0.2) is 30.9 Å². The Morgan fingerprint density at radius 3 is 2.69 bits per heavy atom. The lowest BCUT2D eigenvalue weighted by atomic mass is 9.91. The molecule has 1 aromatic rings. The zero-order valence-corrected chi connectivity index (χ0v) is 9.24. The molecule has 4 N–H and O–H groups in total. The first-order valence-corrected chi connectivity index (χ1v) is 4.90. The SMILES string of the molecule is C=CC(N)(Cc1ccc(Cl)cc1O)C(=O)O. The van der Waals surface area contributed by atoms with E-state index in [1.54, 1.807) is 6.07 Å². The first kappa shape index (κ1) is 12.5. The topological polar surface area (TPSA) is 83.5 Å². The quantitative estimate of drug-likeness (QED) is 0.699. The maximum Gasteiger partial charge on any atom is 0.328 e. The zero-order chi connectivity index (χ0) is 12.3. The van der Waals surface area contributed by atoms with Gasteiger partial charge in [0, 0.05) is 11.4 Å². The van der Waals surface area contributed by atoms with E-state index in [-0.39, 0.29) is 12.2 Å². The number of phenols is 1. The number of carbonyl (C=O) groups is 1. The van der Waals surface area contributed by atoms with E-state index in [2.05, 4.69) is 6.58 Å². The standard InChI is InChI=1S/C11H12ClNO3/c1-2-11(13,10(15)16)6-7-3-4-8(12)5-9(7)14/h2-5,14H,1,6,13H2,(H,15,16). The van der Waals surface area contributed by atoms with Gasteiger partial charge in [0.2, 0.25) is 0 Å². The van der Waals surface area contributed by atoms with Crippen molar-refractivity contribution in [2.45, 2.75) is 12.0 Å². The number of rotatable bonds is 4. The van der Waals surface area contributed by atoms with Gasteiger partial charge in [0.1, 0.15) is 11.3 Å². The number of aromatic hydroxyl groups is 1. The molecule has 86 valence electrons. The van der Waals surface area contributed by atoms with E-state index in [0.717, 1.165) is 6.08 Å². The van der Waals surface area contributed by atoms with Crippen LogP contribution < -0.4 is 5.73 Å². The van der Waals surface area contributed by atoms with Gasteiger partial charge in [0.15, 0.2) is 0 Å². The van der Waals surface area contributed by atoms with Gasteiger partial charge in [-0.05, 0) is 17.7 Å². The molecular weight excluding hydrogens is 230 g/mol. The number of nitrogens with two attached hydrogens (primary N) is 1. The van der Waals surface area contributed by atoms with Gasteiger partial charge in [-0.25, -0.2) is 4.79 Å². The number of carboxylic acid groups (broad SMARTS) is 1. The van der Waals surface area contributed by atoms with Gasteiger partial charge < -0.3 is 15.9 Å². The van der Waals surface area contributed by atoms with Crippen LogP contribution in [0, 0.1) is 0 Å². The van der Waals surface area contributed by atoms with E-state index in [1.807, 2.05) is 0 Å². The molecule has 0 aromatic heterocycles. The molecule has 16 heavy (non-hydrogen) atoms. The Labute approximate surface area is 98.0 Å².